The number of hydrogen-bond acceptors (Lipinski definition) is 3. The van der Waals surface area contributed by atoms with Crippen LogP contribution in [-0.2, 0) is 9.53 Å². The van der Waals surface area contributed by atoms with Crippen molar-refractivity contribution in [2.24, 2.45) is 0 Å². The van der Waals surface area contributed by atoms with Gasteiger partial charge in [0.2, 0.25) is 0 Å². The van der Waals surface area contributed by atoms with Gasteiger partial charge in [0, 0.05) is 13.1 Å². The third-order valence-electron chi connectivity index (χ3n) is 2.25. The molecule has 0 bridgehead atoms. The lowest BCUT2D eigenvalue weighted by Crippen LogP contribution is -2.51. The molecule has 1 rings (SSSR count). The van der Waals surface area contributed by atoms with E-state index in [0.717, 1.165) is 0 Å². The lowest BCUT2D eigenvalue weighted by Gasteiger charge is -2.30. The second-order valence-corrected chi connectivity index (χ2v) is 3.45. The second-order valence-electron chi connectivity index (χ2n) is 3.45. The third kappa shape index (κ3) is 3.54. The van der Waals surface area contributed by atoms with Gasteiger partial charge in [-0.2, -0.15) is 0 Å². The number of amides is 2. The zero-order valence-electron chi connectivity index (χ0n) is 9.02. The molecule has 1 aliphatic rings. The van der Waals surface area contributed by atoms with Crippen LogP contribution >= 0.6 is 0 Å². The van der Waals surface area contributed by atoms with Crippen LogP contribution in [0.25, 0.3) is 0 Å². The fourth-order valence-corrected chi connectivity index (χ4v) is 1.38. The molecule has 0 aromatic carbocycles. The van der Waals surface area contributed by atoms with Crippen LogP contribution in [0, 0.1) is 0 Å². The highest BCUT2D eigenvalue weighted by molar-refractivity contribution is 5.77. The number of urea groups is 1. The Morgan fingerprint density at radius 1 is 1.62 bits per heavy atom. The number of carboxylic acids is 1. The van der Waals surface area contributed by atoms with Gasteiger partial charge in [0.05, 0.1) is 13.2 Å². The predicted octanol–water partition coefficient (Wildman–Crippen LogP) is 0.0575. The fraction of sp³-hybridized carbons (Fsp3) is 0.600. The van der Waals surface area contributed by atoms with Gasteiger partial charge in [-0.3, -0.25) is 0 Å². The molecule has 1 atom stereocenters. The van der Waals surface area contributed by atoms with Gasteiger partial charge in [-0.25, -0.2) is 9.59 Å². The van der Waals surface area contributed by atoms with Crippen LogP contribution < -0.4 is 5.32 Å². The van der Waals surface area contributed by atoms with Gasteiger partial charge in [-0.15, -0.1) is 6.58 Å². The minimum atomic E-state index is -1.04. The SMILES string of the molecule is C=CCCNC(=O)N1CCOC(C(=O)O)C1. The molecule has 0 aromatic rings. The van der Waals surface area contributed by atoms with Gasteiger partial charge in [-0.05, 0) is 6.42 Å². The molecule has 2 N–H and O–H groups in total. The van der Waals surface area contributed by atoms with Crippen molar-refractivity contribution < 1.29 is 19.4 Å². The maximum atomic E-state index is 11.6. The van der Waals surface area contributed by atoms with Crippen LogP contribution in [0.4, 0.5) is 4.79 Å². The fourth-order valence-electron chi connectivity index (χ4n) is 1.38. The first-order valence-corrected chi connectivity index (χ1v) is 5.13. The molecule has 6 nitrogen and oxygen atoms in total. The summed E-state index contributed by atoms with van der Waals surface area (Å²) in [6, 6.07) is -0.253. The molecular formula is C10H16N2O4. The minimum Gasteiger partial charge on any atom is -0.479 e. The van der Waals surface area contributed by atoms with E-state index in [0.29, 0.717) is 19.5 Å². The zero-order valence-corrected chi connectivity index (χ0v) is 9.02. The molecule has 2 amide bonds. The quantitative estimate of drug-likeness (QED) is 0.526. The van der Waals surface area contributed by atoms with Crippen molar-refractivity contribution in [2.45, 2.75) is 12.5 Å². The maximum absolute atomic E-state index is 11.6. The second kappa shape index (κ2) is 6.12. The Labute approximate surface area is 93.9 Å². The summed E-state index contributed by atoms with van der Waals surface area (Å²) >= 11 is 0. The number of carbonyl (C=O) groups is 2. The van der Waals surface area contributed by atoms with Crippen molar-refractivity contribution >= 4 is 12.0 Å². The van der Waals surface area contributed by atoms with Crippen LogP contribution in [0.1, 0.15) is 6.42 Å². The zero-order chi connectivity index (χ0) is 12.0. The summed E-state index contributed by atoms with van der Waals surface area (Å²) in [5, 5.41) is 11.4. The molecule has 1 aliphatic heterocycles. The summed E-state index contributed by atoms with van der Waals surface area (Å²) in [6.07, 6.45) is 1.48. The van der Waals surface area contributed by atoms with E-state index in [4.69, 9.17) is 9.84 Å². The van der Waals surface area contributed by atoms with Gasteiger partial charge in [0.25, 0.3) is 0 Å². The van der Waals surface area contributed by atoms with Crippen LogP contribution in [0.15, 0.2) is 12.7 Å². The van der Waals surface area contributed by atoms with Crippen molar-refractivity contribution in [1.82, 2.24) is 10.2 Å². The first-order valence-electron chi connectivity index (χ1n) is 5.13. The molecule has 90 valence electrons. The number of aliphatic carboxylic acids is 1. The number of rotatable bonds is 4. The van der Waals surface area contributed by atoms with Crippen LogP contribution in [0.3, 0.4) is 0 Å². The highest BCUT2D eigenvalue weighted by Gasteiger charge is 2.28. The molecular weight excluding hydrogens is 212 g/mol. The number of nitrogens with one attached hydrogen (secondary N) is 1. The Balaban J connectivity index is 2.37. The van der Waals surface area contributed by atoms with E-state index in [9.17, 15) is 9.59 Å². The van der Waals surface area contributed by atoms with Gasteiger partial charge in [0.15, 0.2) is 6.10 Å². The Morgan fingerprint density at radius 3 is 3.00 bits per heavy atom. The number of carboxylic acid groups (broad SMARTS) is 1. The number of ether oxygens (including phenoxy) is 1. The lowest BCUT2D eigenvalue weighted by molar-refractivity contribution is -0.154. The summed E-state index contributed by atoms with van der Waals surface area (Å²) < 4.78 is 5.01. The molecule has 0 saturated carbocycles. The van der Waals surface area contributed by atoms with Crippen molar-refractivity contribution in [3.8, 4) is 0 Å². The topological polar surface area (TPSA) is 78.9 Å². The molecule has 1 heterocycles. The molecule has 1 saturated heterocycles. The summed E-state index contributed by atoms with van der Waals surface area (Å²) in [4.78, 5) is 23.7. The van der Waals surface area contributed by atoms with Gasteiger partial charge in [0.1, 0.15) is 0 Å². The first-order chi connectivity index (χ1) is 7.65. The number of hydrogen-bond donors (Lipinski definition) is 2. The average molecular weight is 228 g/mol. The van der Waals surface area contributed by atoms with E-state index in [-0.39, 0.29) is 19.2 Å². The summed E-state index contributed by atoms with van der Waals surface area (Å²) in [7, 11) is 0. The third-order valence-corrected chi connectivity index (χ3v) is 2.25. The largest absolute Gasteiger partial charge is 0.479 e. The first kappa shape index (κ1) is 12.5. The Bertz CT molecular complexity index is 280. The molecule has 16 heavy (non-hydrogen) atoms. The highest BCUT2D eigenvalue weighted by atomic mass is 16.5. The van der Waals surface area contributed by atoms with Gasteiger partial charge >= 0.3 is 12.0 Å². The summed E-state index contributed by atoms with van der Waals surface area (Å²) in [5.41, 5.74) is 0. The molecule has 0 spiro atoms. The van der Waals surface area contributed by atoms with Crippen molar-refractivity contribution in [3.63, 3.8) is 0 Å². The molecule has 0 radical (unpaired) electrons. The Morgan fingerprint density at radius 2 is 2.38 bits per heavy atom. The molecule has 6 heteroatoms. The van der Waals surface area contributed by atoms with Crippen molar-refractivity contribution in [3.05, 3.63) is 12.7 Å². The van der Waals surface area contributed by atoms with Crippen LogP contribution in [-0.4, -0.2) is 54.4 Å². The summed E-state index contributed by atoms with van der Waals surface area (Å²) in [5.74, 6) is -1.04. The van der Waals surface area contributed by atoms with E-state index in [1.54, 1.807) is 6.08 Å². The normalized spacial score (nSPS) is 20.2. The van der Waals surface area contributed by atoms with E-state index in [1.165, 1.54) is 4.90 Å². The monoisotopic (exact) mass is 228 g/mol. The molecule has 0 aliphatic carbocycles. The van der Waals surface area contributed by atoms with E-state index >= 15 is 0 Å². The average Bonchev–Trinajstić information content (AvgIpc) is 2.29. The lowest BCUT2D eigenvalue weighted by atomic mass is 10.3. The molecule has 0 aromatic heterocycles. The smallest absolute Gasteiger partial charge is 0.334 e. The number of carbonyl (C=O) groups excluding carboxylic acids is 1. The van der Waals surface area contributed by atoms with Crippen molar-refractivity contribution in [1.29, 1.82) is 0 Å². The minimum absolute atomic E-state index is 0.0925. The van der Waals surface area contributed by atoms with Crippen molar-refractivity contribution in [2.75, 3.05) is 26.2 Å². The predicted molar refractivity (Wildman–Crippen MR) is 57.2 cm³/mol. The highest BCUT2D eigenvalue weighted by Crippen LogP contribution is 2.05. The number of nitrogens with zero attached hydrogens (tertiary/aromatic N) is 1. The van der Waals surface area contributed by atoms with Gasteiger partial charge < -0.3 is 20.1 Å². The van der Waals surface area contributed by atoms with Crippen LogP contribution in [0.2, 0.25) is 0 Å². The van der Waals surface area contributed by atoms with Crippen LogP contribution in [0.5, 0.6) is 0 Å². The maximum Gasteiger partial charge on any atom is 0.334 e. The number of morpholine rings is 1. The summed E-state index contributed by atoms with van der Waals surface area (Å²) in [6.45, 7) is 4.82. The Hall–Kier alpha value is -1.56. The standard InChI is InChI=1S/C10H16N2O4/c1-2-3-4-11-10(15)12-5-6-16-8(7-12)9(13)14/h2,8H,1,3-7H2,(H,11,15)(H,13,14). The van der Waals surface area contributed by atoms with E-state index in [1.807, 2.05) is 0 Å². The van der Waals surface area contributed by atoms with Gasteiger partial charge in [-0.1, -0.05) is 6.08 Å². The molecule has 1 fully saturated rings. The Kier molecular flexibility index (Phi) is 4.78. The van der Waals surface area contributed by atoms with E-state index in [2.05, 4.69) is 11.9 Å². The van der Waals surface area contributed by atoms with E-state index < -0.39 is 12.1 Å². The molecule has 1 unspecified atom stereocenters.